The van der Waals surface area contributed by atoms with Crippen LogP contribution in [0.5, 0.6) is 0 Å². The molecule has 1 saturated heterocycles. The highest BCUT2D eigenvalue weighted by Gasteiger charge is 2.30. The van der Waals surface area contributed by atoms with Gasteiger partial charge in [0.25, 0.3) is 0 Å². The highest BCUT2D eigenvalue weighted by Crippen LogP contribution is 2.38. The summed E-state index contributed by atoms with van der Waals surface area (Å²) in [6.07, 6.45) is 4.85. The Balaban J connectivity index is 1.52. The van der Waals surface area contributed by atoms with E-state index >= 15 is 0 Å². The SMILES string of the molecule is CN(Cc1nnc(C2CC2)n1C)[C@@H]1CCN(CCS(C)(=O)=O)C1. The van der Waals surface area contributed by atoms with E-state index in [9.17, 15) is 8.42 Å². The van der Waals surface area contributed by atoms with E-state index in [1.54, 1.807) is 0 Å². The van der Waals surface area contributed by atoms with Gasteiger partial charge in [0.1, 0.15) is 21.5 Å². The first kappa shape index (κ1) is 16.9. The molecule has 0 N–H and O–H groups in total. The largest absolute Gasteiger partial charge is 0.317 e. The first-order valence-corrected chi connectivity index (χ1v) is 10.4. The number of aromatic nitrogens is 3. The molecule has 0 bridgehead atoms. The molecule has 130 valence electrons. The Morgan fingerprint density at radius 3 is 2.65 bits per heavy atom. The van der Waals surface area contributed by atoms with E-state index in [0.29, 0.717) is 18.5 Å². The van der Waals surface area contributed by atoms with Crippen molar-refractivity contribution < 1.29 is 8.42 Å². The van der Waals surface area contributed by atoms with E-state index in [1.807, 2.05) is 0 Å². The summed E-state index contributed by atoms with van der Waals surface area (Å²) in [5.74, 6) is 3.00. The summed E-state index contributed by atoms with van der Waals surface area (Å²) in [5.41, 5.74) is 0. The van der Waals surface area contributed by atoms with Gasteiger partial charge in [0.05, 0.1) is 12.3 Å². The lowest BCUT2D eigenvalue weighted by molar-refractivity contribution is 0.221. The lowest BCUT2D eigenvalue weighted by Crippen LogP contribution is -2.36. The minimum Gasteiger partial charge on any atom is -0.317 e. The van der Waals surface area contributed by atoms with Crippen molar-refractivity contribution in [1.29, 1.82) is 0 Å². The van der Waals surface area contributed by atoms with Gasteiger partial charge in [-0.05, 0) is 32.9 Å². The third kappa shape index (κ3) is 4.30. The molecule has 2 fully saturated rings. The van der Waals surface area contributed by atoms with E-state index < -0.39 is 9.84 Å². The number of nitrogens with zero attached hydrogens (tertiary/aromatic N) is 5. The van der Waals surface area contributed by atoms with Gasteiger partial charge in [0.15, 0.2) is 0 Å². The molecule has 1 saturated carbocycles. The second kappa shape index (κ2) is 6.49. The van der Waals surface area contributed by atoms with Crippen LogP contribution in [0.2, 0.25) is 0 Å². The van der Waals surface area contributed by atoms with Crippen LogP contribution in [-0.4, -0.2) is 77.7 Å². The second-order valence-corrected chi connectivity index (χ2v) is 9.36. The van der Waals surface area contributed by atoms with E-state index in [4.69, 9.17) is 0 Å². The molecule has 1 aromatic heterocycles. The van der Waals surface area contributed by atoms with Crippen LogP contribution in [0.25, 0.3) is 0 Å². The normalized spacial score (nSPS) is 23.0. The fourth-order valence-electron chi connectivity index (χ4n) is 3.23. The third-order valence-corrected chi connectivity index (χ3v) is 5.91. The molecule has 0 amide bonds. The topological polar surface area (TPSA) is 71.3 Å². The molecule has 0 unspecified atom stereocenters. The van der Waals surface area contributed by atoms with Crippen molar-refractivity contribution in [3.8, 4) is 0 Å². The van der Waals surface area contributed by atoms with E-state index in [-0.39, 0.29) is 5.75 Å². The fraction of sp³-hybridized carbons (Fsp3) is 0.867. The lowest BCUT2D eigenvalue weighted by Gasteiger charge is -2.24. The number of rotatable bonds is 7. The molecule has 3 rings (SSSR count). The Labute approximate surface area is 138 Å². The zero-order chi connectivity index (χ0) is 16.6. The monoisotopic (exact) mass is 341 g/mol. The van der Waals surface area contributed by atoms with Crippen LogP contribution in [0, 0.1) is 0 Å². The van der Waals surface area contributed by atoms with Gasteiger partial charge < -0.3 is 9.47 Å². The first-order chi connectivity index (χ1) is 10.8. The maximum Gasteiger partial charge on any atom is 0.148 e. The maximum atomic E-state index is 11.3. The summed E-state index contributed by atoms with van der Waals surface area (Å²) in [5, 5.41) is 8.69. The lowest BCUT2D eigenvalue weighted by atomic mass is 10.2. The predicted molar refractivity (Wildman–Crippen MR) is 89.0 cm³/mol. The standard InChI is InChI=1S/C15H27N5O2S/c1-18(11-14-16-17-15(19(14)2)12-4-5-12)13-6-7-20(10-13)8-9-23(3,21)22/h12-13H,4-11H2,1-3H3/t13-/m1/s1. The molecule has 1 aliphatic heterocycles. The first-order valence-electron chi connectivity index (χ1n) is 8.32. The number of sulfone groups is 1. The summed E-state index contributed by atoms with van der Waals surface area (Å²) < 4.78 is 24.7. The molecule has 1 aromatic rings. The Morgan fingerprint density at radius 2 is 2.00 bits per heavy atom. The van der Waals surface area contributed by atoms with Gasteiger partial charge in [0.2, 0.25) is 0 Å². The fourth-order valence-corrected chi connectivity index (χ4v) is 3.82. The molecule has 2 heterocycles. The molecular formula is C15H27N5O2S. The highest BCUT2D eigenvalue weighted by molar-refractivity contribution is 7.90. The van der Waals surface area contributed by atoms with E-state index in [0.717, 1.165) is 37.7 Å². The predicted octanol–water partition coefficient (Wildman–Crippen LogP) is 0.243. The average molecular weight is 341 g/mol. The maximum absolute atomic E-state index is 11.3. The van der Waals surface area contributed by atoms with Crippen molar-refractivity contribution in [2.24, 2.45) is 7.05 Å². The third-order valence-electron chi connectivity index (χ3n) is 4.98. The summed E-state index contributed by atoms with van der Waals surface area (Å²) >= 11 is 0. The van der Waals surface area contributed by atoms with Crippen LogP contribution < -0.4 is 0 Å². The van der Waals surface area contributed by atoms with Crippen LogP contribution in [0.3, 0.4) is 0 Å². The molecule has 2 aliphatic rings. The highest BCUT2D eigenvalue weighted by atomic mass is 32.2. The van der Waals surface area contributed by atoms with Crippen LogP contribution >= 0.6 is 0 Å². The minimum absolute atomic E-state index is 0.247. The van der Waals surface area contributed by atoms with Gasteiger partial charge in [-0.25, -0.2) is 8.42 Å². The molecule has 8 heteroatoms. The van der Waals surface area contributed by atoms with Crippen LogP contribution in [-0.2, 0) is 23.4 Å². The second-order valence-electron chi connectivity index (χ2n) is 7.10. The molecule has 0 radical (unpaired) electrons. The number of hydrogen-bond donors (Lipinski definition) is 0. The van der Waals surface area contributed by atoms with Gasteiger partial charge in [-0.15, -0.1) is 10.2 Å². The van der Waals surface area contributed by atoms with E-state index in [2.05, 4.69) is 38.7 Å². The smallest absolute Gasteiger partial charge is 0.148 e. The van der Waals surface area contributed by atoms with Crippen molar-refractivity contribution in [1.82, 2.24) is 24.6 Å². The van der Waals surface area contributed by atoms with Crippen LogP contribution in [0.4, 0.5) is 0 Å². The Kier molecular flexibility index (Phi) is 4.75. The molecule has 1 atom stereocenters. The van der Waals surface area contributed by atoms with Crippen molar-refractivity contribution in [2.75, 3.05) is 38.7 Å². The zero-order valence-corrected chi connectivity index (χ0v) is 15.1. The molecule has 1 aliphatic carbocycles. The van der Waals surface area contributed by atoms with Crippen LogP contribution in [0.1, 0.15) is 36.8 Å². The molecule has 0 spiro atoms. The summed E-state index contributed by atoms with van der Waals surface area (Å²) in [7, 11) is 1.30. The zero-order valence-electron chi connectivity index (χ0n) is 14.3. The van der Waals surface area contributed by atoms with Gasteiger partial charge in [-0.2, -0.15) is 0 Å². The van der Waals surface area contributed by atoms with Gasteiger partial charge in [-0.1, -0.05) is 0 Å². The summed E-state index contributed by atoms with van der Waals surface area (Å²) in [4.78, 5) is 4.57. The van der Waals surface area contributed by atoms with Crippen LogP contribution in [0.15, 0.2) is 0 Å². The van der Waals surface area contributed by atoms with Crippen molar-refractivity contribution in [2.45, 2.75) is 37.8 Å². The minimum atomic E-state index is -2.88. The van der Waals surface area contributed by atoms with Crippen molar-refractivity contribution in [3.63, 3.8) is 0 Å². The quantitative estimate of drug-likeness (QED) is 0.708. The summed E-state index contributed by atoms with van der Waals surface area (Å²) in [6.45, 7) is 3.33. The average Bonchev–Trinajstić information content (AvgIpc) is 3.08. The Bertz CT molecular complexity index is 653. The van der Waals surface area contributed by atoms with Gasteiger partial charge in [-0.3, -0.25) is 4.90 Å². The Hall–Kier alpha value is -0.990. The van der Waals surface area contributed by atoms with Crippen molar-refractivity contribution in [3.05, 3.63) is 11.6 Å². The van der Waals surface area contributed by atoms with E-state index in [1.165, 1.54) is 19.1 Å². The number of likely N-dealkylation sites (tertiary alicyclic amines) is 1. The molecule has 7 nitrogen and oxygen atoms in total. The molecule has 0 aromatic carbocycles. The molecular weight excluding hydrogens is 314 g/mol. The van der Waals surface area contributed by atoms with Gasteiger partial charge in [0, 0.05) is 38.4 Å². The number of hydrogen-bond acceptors (Lipinski definition) is 6. The van der Waals surface area contributed by atoms with Gasteiger partial charge >= 0.3 is 0 Å². The summed E-state index contributed by atoms with van der Waals surface area (Å²) in [6, 6.07) is 0.454. The Morgan fingerprint density at radius 1 is 1.26 bits per heavy atom. The van der Waals surface area contributed by atoms with Crippen molar-refractivity contribution >= 4 is 9.84 Å². The number of likely N-dealkylation sites (N-methyl/N-ethyl adjacent to an activating group) is 1. The molecule has 23 heavy (non-hydrogen) atoms.